The van der Waals surface area contributed by atoms with E-state index in [-0.39, 0.29) is 5.84 Å². The van der Waals surface area contributed by atoms with Crippen LogP contribution in [0.2, 0.25) is 0 Å². The summed E-state index contributed by atoms with van der Waals surface area (Å²) in [6, 6.07) is 14.0. The topological polar surface area (TPSA) is 66.0 Å². The zero-order valence-corrected chi connectivity index (χ0v) is 11.0. The maximum Gasteiger partial charge on any atom is 0.142 e. The van der Waals surface area contributed by atoms with Crippen LogP contribution in [0.4, 0.5) is 5.69 Å². The smallest absolute Gasteiger partial charge is 0.142 e. The molecule has 0 aliphatic carbocycles. The number of aromatic nitrogens is 1. The zero-order valence-electron chi connectivity index (χ0n) is 11.0. The van der Waals surface area contributed by atoms with Crippen LogP contribution in [-0.4, -0.2) is 17.4 Å². The van der Waals surface area contributed by atoms with E-state index in [0.29, 0.717) is 12.2 Å². The van der Waals surface area contributed by atoms with Gasteiger partial charge in [-0.25, -0.2) is 0 Å². The van der Waals surface area contributed by atoms with Gasteiger partial charge in [-0.15, -0.1) is 0 Å². The Morgan fingerprint density at radius 3 is 2.58 bits per heavy atom. The van der Waals surface area contributed by atoms with Gasteiger partial charge in [-0.2, -0.15) is 0 Å². The fourth-order valence-electron chi connectivity index (χ4n) is 2.04. The molecule has 0 aliphatic rings. The highest BCUT2D eigenvalue weighted by atomic mass is 15.1. The average Bonchev–Trinajstić information content (AvgIpc) is 2.46. The minimum atomic E-state index is 0.0136. The van der Waals surface area contributed by atoms with Gasteiger partial charge in [-0.1, -0.05) is 24.3 Å². The van der Waals surface area contributed by atoms with Crippen molar-refractivity contribution in [2.45, 2.75) is 13.5 Å². The van der Waals surface area contributed by atoms with Crippen LogP contribution in [0.25, 0.3) is 0 Å². The van der Waals surface area contributed by atoms with Gasteiger partial charge >= 0.3 is 0 Å². The highest BCUT2D eigenvalue weighted by Crippen LogP contribution is 2.17. The molecule has 4 heteroatoms. The van der Waals surface area contributed by atoms with E-state index < -0.39 is 0 Å². The van der Waals surface area contributed by atoms with Crippen LogP contribution in [-0.2, 0) is 6.54 Å². The molecule has 2 rings (SSSR count). The summed E-state index contributed by atoms with van der Waals surface area (Å²) in [4.78, 5) is 6.41. The fraction of sp³-hybridized carbons (Fsp3) is 0.200. The van der Waals surface area contributed by atoms with Crippen molar-refractivity contribution in [1.82, 2.24) is 4.98 Å². The van der Waals surface area contributed by atoms with Gasteiger partial charge in [0, 0.05) is 30.5 Å². The molecule has 98 valence electrons. The second-order valence-electron chi connectivity index (χ2n) is 4.27. The lowest BCUT2D eigenvalue weighted by Gasteiger charge is -2.24. The lowest BCUT2D eigenvalue weighted by atomic mass is 10.1. The molecule has 1 heterocycles. The molecule has 0 atom stereocenters. The summed E-state index contributed by atoms with van der Waals surface area (Å²) in [6.45, 7) is 3.69. The number of nitrogens with two attached hydrogens (primary N) is 1. The van der Waals surface area contributed by atoms with Gasteiger partial charge in [-0.3, -0.25) is 10.4 Å². The van der Waals surface area contributed by atoms with Gasteiger partial charge in [0.15, 0.2) is 0 Å². The predicted molar refractivity (Wildman–Crippen MR) is 78.4 cm³/mol. The number of pyridine rings is 1. The summed E-state index contributed by atoms with van der Waals surface area (Å²) in [7, 11) is 0. The first kappa shape index (κ1) is 13.1. The standard InChI is InChI=1S/C15H18N4/c1-2-19(13-8-4-3-5-9-13)11-12-7-6-10-18-14(12)15(16)17/h3-10H,2,11H2,1H3,(H3,16,17). The Labute approximate surface area is 113 Å². The van der Waals surface area contributed by atoms with E-state index in [9.17, 15) is 0 Å². The van der Waals surface area contributed by atoms with Gasteiger partial charge in [0.25, 0.3) is 0 Å². The quantitative estimate of drug-likeness (QED) is 0.636. The Balaban J connectivity index is 2.27. The molecular formula is C15H18N4. The molecule has 0 fully saturated rings. The molecule has 3 N–H and O–H groups in total. The van der Waals surface area contributed by atoms with E-state index in [1.54, 1.807) is 6.20 Å². The third-order valence-electron chi connectivity index (χ3n) is 3.01. The monoisotopic (exact) mass is 254 g/mol. The molecule has 1 aromatic carbocycles. The lowest BCUT2D eigenvalue weighted by Crippen LogP contribution is -2.25. The molecule has 0 saturated heterocycles. The Morgan fingerprint density at radius 2 is 1.95 bits per heavy atom. The SMILES string of the molecule is CCN(Cc1cccnc1C(=N)N)c1ccccc1. The van der Waals surface area contributed by atoms with Gasteiger partial charge in [0.2, 0.25) is 0 Å². The number of hydrogen-bond donors (Lipinski definition) is 2. The molecule has 2 aromatic rings. The normalized spacial score (nSPS) is 10.2. The highest BCUT2D eigenvalue weighted by Gasteiger charge is 2.10. The summed E-state index contributed by atoms with van der Waals surface area (Å²) in [5.41, 5.74) is 8.27. The Morgan fingerprint density at radius 1 is 1.21 bits per heavy atom. The summed E-state index contributed by atoms with van der Waals surface area (Å²) in [5.74, 6) is 0.0136. The number of hydrogen-bond acceptors (Lipinski definition) is 3. The molecule has 1 aromatic heterocycles. The molecule has 19 heavy (non-hydrogen) atoms. The Bertz CT molecular complexity index is 551. The Kier molecular flexibility index (Phi) is 4.13. The zero-order chi connectivity index (χ0) is 13.7. The number of rotatable bonds is 5. The molecule has 0 aliphatic heterocycles. The molecule has 0 amide bonds. The second kappa shape index (κ2) is 6.00. The second-order valence-corrected chi connectivity index (χ2v) is 4.27. The third kappa shape index (κ3) is 3.10. The summed E-state index contributed by atoms with van der Waals surface area (Å²) in [6.07, 6.45) is 1.67. The van der Waals surface area contributed by atoms with Crippen LogP contribution >= 0.6 is 0 Å². The number of nitrogens with zero attached hydrogens (tertiary/aromatic N) is 2. The van der Waals surface area contributed by atoms with Crippen molar-refractivity contribution in [3.63, 3.8) is 0 Å². The maximum absolute atomic E-state index is 7.58. The minimum Gasteiger partial charge on any atom is -0.382 e. The number of anilines is 1. The van der Waals surface area contributed by atoms with E-state index in [1.807, 2.05) is 30.3 Å². The van der Waals surface area contributed by atoms with Crippen molar-refractivity contribution >= 4 is 11.5 Å². The molecule has 0 spiro atoms. The fourth-order valence-corrected chi connectivity index (χ4v) is 2.04. The first-order valence-electron chi connectivity index (χ1n) is 6.30. The van der Waals surface area contributed by atoms with E-state index in [4.69, 9.17) is 11.1 Å². The van der Waals surface area contributed by atoms with Crippen LogP contribution in [0.5, 0.6) is 0 Å². The van der Waals surface area contributed by atoms with Gasteiger partial charge in [0.1, 0.15) is 11.5 Å². The lowest BCUT2D eigenvalue weighted by molar-refractivity contribution is 0.826. The molecule has 0 bridgehead atoms. The van der Waals surface area contributed by atoms with Crippen molar-refractivity contribution in [3.8, 4) is 0 Å². The molecular weight excluding hydrogens is 236 g/mol. The van der Waals surface area contributed by atoms with Crippen LogP contribution in [0, 0.1) is 5.41 Å². The summed E-state index contributed by atoms with van der Waals surface area (Å²) >= 11 is 0. The van der Waals surface area contributed by atoms with E-state index in [2.05, 4.69) is 28.9 Å². The first-order chi connectivity index (χ1) is 9.22. The maximum atomic E-state index is 7.58. The van der Waals surface area contributed by atoms with E-state index in [1.165, 1.54) is 0 Å². The number of para-hydroxylation sites is 1. The van der Waals surface area contributed by atoms with Crippen molar-refractivity contribution in [1.29, 1.82) is 5.41 Å². The predicted octanol–water partition coefficient (Wildman–Crippen LogP) is 2.39. The molecule has 0 saturated carbocycles. The van der Waals surface area contributed by atoms with Crippen molar-refractivity contribution in [2.24, 2.45) is 5.73 Å². The molecule has 0 radical (unpaired) electrons. The van der Waals surface area contributed by atoms with E-state index in [0.717, 1.165) is 17.8 Å². The van der Waals surface area contributed by atoms with Crippen molar-refractivity contribution < 1.29 is 0 Å². The van der Waals surface area contributed by atoms with Crippen LogP contribution in [0.1, 0.15) is 18.2 Å². The van der Waals surface area contributed by atoms with E-state index >= 15 is 0 Å². The van der Waals surface area contributed by atoms with Crippen molar-refractivity contribution in [2.75, 3.05) is 11.4 Å². The number of amidine groups is 1. The van der Waals surface area contributed by atoms with Crippen LogP contribution in [0.15, 0.2) is 48.7 Å². The average molecular weight is 254 g/mol. The van der Waals surface area contributed by atoms with Crippen LogP contribution < -0.4 is 10.6 Å². The minimum absolute atomic E-state index is 0.0136. The van der Waals surface area contributed by atoms with Gasteiger partial charge in [-0.05, 0) is 25.1 Å². The first-order valence-corrected chi connectivity index (χ1v) is 6.30. The molecule has 4 nitrogen and oxygen atoms in total. The Hall–Kier alpha value is -2.36. The van der Waals surface area contributed by atoms with Gasteiger partial charge < -0.3 is 10.6 Å². The summed E-state index contributed by atoms with van der Waals surface area (Å²) < 4.78 is 0. The summed E-state index contributed by atoms with van der Waals surface area (Å²) in [5, 5.41) is 7.58. The van der Waals surface area contributed by atoms with Crippen molar-refractivity contribution in [3.05, 3.63) is 59.9 Å². The highest BCUT2D eigenvalue weighted by molar-refractivity contribution is 5.94. The van der Waals surface area contributed by atoms with Crippen LogP contribution in [0.3, 0.4) is 0 Å². The number of nitrogen functional groups attached to an aromatic ring is 1. The third-order valence-corrected chi connectivity index (χ3v) is 3.01. The number of benzene rings is 1. The van der Waals surface area contributed by atoms with Gasteiger partial charge in [0.05, 0.1) is 0 Å². The largest absolute Gasteiger partial charge is 0.382 e. The number of nitrogens with one attached hydrogen (secondary N) is 1. The molecule has 0 unspecified atom stereocenters.